The van der Waals surface area contributed by atoms with Gasteiger partial charge in [0.1, 0.15) is 11.5 Å². The molecule has 0 bridgehead atoms. The lowest BCUT2D eigenvalue weighted by Crippen LogP contribution is -2.29. The third-order valence-corrected chi connectivity index (χ3v) is 4.39. The first-order chi connectivity index (χ1) is 9.16. The van der Waals surface area contributed by atoms with Crippen LogP contribution in [-0.2, 0) is 4.79 Å². The number of nitrogens with one attached hydrogen (secondary N) is 1. The number of amides is 1. The molecule has 0 spiro atoms. The fraction of sp³-hybridized carbons (Fsp3) is 0.357. The molecular weight excluding hydrogens is 262 g/mol. The summed E-state index contributed by atoms with van der Waals surface area (Å²) in [5.41, 5.74) is 1.02. The van der Waals surface area contributed by atoms with E-state index in [2.05, 4.69) is 5.32 Å². The number of aromatic hydroxyl groups is 1. The van der Waals surface area contributed by atoms with Crippen LogP contribution < -0.4 is 10.1 Å². The van der Waals surface area contributed by atoms with Gasteiger partial charge in [-0.25, -0.2) is 0 Å². The van der Waals surface area contributed by atoms with Crippen molar-refractivity contribution in [2.75, 3.05) is 13.2 Å². The van der Waals surface area contributed by atoms with Gasteiger partial charge in [0.15, 0.2) is 0 Å². The van der Waals surface area contributed by atoms with Gasteiger partial charge in [-0.05, 0) is 18.6 Å². The Hall–Kier alpha value is -1.75. The molecule has 1 aliphatic rings. The van der Waals surface area contributed by atoms with Crippen molar-refractivity contribution in [1.29, 1.82) is 0 Å². The zero-order chi connectivity index (χ0) is 13.4. The number of hydrogen-bond acceptors (Lipinski definition) is 4. The van der Waals surface area contributed by atoms with Gasteiger partial charge in [0.05, 0.1) is 6.61 Å². The standard InChI is InChI=1S/C14H15NO3S/c1-8(16)15-6-9-4-5-18-11-2-3-12-14(13(9)11)10(17)7-19-12/h2-3,7,9,17H,4-6H2,1H3,(H,15,16). The molecule has 0 aliphatic carbocycles. The molecule has 2 N–H and O–H groups in total. The number of rotatable bonds is 2. The fourth-order valence-corrected chi connectivity index (χ4v) is 3.41. The first-order valence-corrected chi connectivity index (χ1v) is 7.15. The molecule has 100 valence electrons. The Labute approximate surface area is 115 Å². The van der Waals surface area contributed by atoms with E-state index in [0.29, 0.717) is 18.9 Å². The van der Waals surface area contributed by atoms with Gasteiger partial charge in [-0.3, -0.25) is 4.79 Å². The molecule has 2 aromatic rings. The Bertz CT molecular complexity index is 635. The van der Waals surface area contributed by atoms with Crippen molar-refractivity contribution < 1.29 is 14.6 Å². The summed E-state index contributed by atoms with van der Waals surface area (Å²) >= 11 is 1.52. The highest BCUT2D eigenvalue weighted by atomic mass is 32.1. The van der Waals surface area contributed by atoms with Crippen LogP contribution in [0.3, 0.4) is 0 Å². The van der Waals surface area contributed by atoms with E-state index in [-0.39, 0.29) is 11.8 Å². The average molecular weight is 277 g/mol. The van der Waals surface area contributed by atoms with Crippen LogP contribution in [0.5, 0.6) is 11.5 Å². The van der Waals surface area contributed by atoms with Crippen LogP contribution in [-0.4, -0.2) is 24.2 Å². The zero-order valence-corrected chi connectivity index (χ0v) is 11.4. The number of ether oxygens (including phenoxy) is 1. The SMILES string of the molecule is CC(=O)NCC1CCOc2ccc3scc(O)c3c21. The van der Waals surface area contributed by atoms with Crippen LogP contribution in [0.15, 0.2) is 17.5 Å². The molecule has 1 aromatic heterocycles. The highest BCUT2D eigenvalue weighted by Crippen LogP contribution is 2.44. The van der Waals surface area contributed by atoms with E-state index in [0.717, 1.165) is 27.8 Å². The molecule has 0 fully saturated rings. The van der Waals surface area contributed by atoms with E-state index in [1.54, 1.807) is 5.38 Å². The Morgan fingerprint density at radius 1 is 1.58 bits per heavy atom. The maximum atomic E-state index is 11.1. The maximum Gasteiger partial charge on any atom is 0.216 e. The zero-order valence-electron chi connectivity index (χ0n) is 10.6. The topological polar surface area (TPSA) is 58.6 Å². The maximum absolute atomic E-state index is 11.1. The summed E-state index contributed by atoms with van der Waals surface area (Å²) in [6, 6.07) is 3.92. The second-order valence-corrected chi connectivity index (χ2v) is 5.65. The lowest BCUT2D eigenvalue weighted by atomic mass is 9.90. The van der Waals surface area contributed by atoms with Gasteiger partial charge in [0, 0.05) is 40.4 Å². The quantitative estimate of drug-likeness (QED) is 0.887. The van der Waals surface area contributed by atoms with Crippen molar-refractivity contribution in [3.05, 3.63) is 23.1 Å². The van der Waals surface area contributed by atoms with E-state index >= 15 is 0 Å². The van der Waals surface area contributed by atoms with Crippen LogP contribution in [0.4, 0.5) is 0 Å². The van der Waals surface area contributed by atoms with Crippen molar-refractivity contribution in [2.24, 2.45) is 0 Å². The Morgan fingerprint density at radius 3 is 3.21 bits per heavy atom. The van der Waals surface area contributed by atoms with E-state index in [1.807, 2.05) is 12.1 Å². The van der Waals surface area contributed by atoms with E-state index in [4.69, 9.17) is 4.74 Å². The predicted molar refractivity (Wildman–Crippen MR) is 75.0 cm³/mol. The number of carbonyl (C=O) groups is 1. The van der Waals surface area contributed by atoms with Gasteiger partial charge in [0.25, 0.3) is 0 Å². The minimum absolute atomic E-state index is 0.0326. The second-order valence-electron chi connectivity index (χ2n) is 4.74. The fourth-order valence-electron chi connectivity index (χ4n) is 2.58. The molecule has 1 atom stereocenters. The number of benzene rings is 1. The molecule has 5 heteroatoms. The third kappa shape index (κ3) is 2.14. The third-order valence-electron chi connectivity index (χ3n) is 3.45. The van der Waals surface area contributed by atoms with Gasteiger partial charge in [0.2, 0.25) is 5.91 Å². The van der Waals surface area contributed by atoms with Gasteiger partial charge in [-0.1, -0.05) is 0 Å². The van der Waals surface area contributed by atoms with Crippen LogP contribution >= 0.6 is 11.3 Å². The molecule has 1 aromatic carbocycles. The van der Waals surface area contributed by atoms with Crippen molar-refractivity contribution >= 4 is 27.3 Å². The highest BCUT2D eigenvalue weighted by molar-refractivity contribution is 7.17. The van der Waals surface area contributed by atoms with Crippen LogP contribution in [0.1, 0.15) is 24.8 Å². The molecule has 1 unspecified atom stereocenters. The molecule has 2 heterocycles. The lowest BCUT2D eigenvalue weighted by Gasteiger charge is -2.26. The van der Waals surface area contributed by atoms with Crippen LogP contribution in [0.25, 0.3) is 10.1 Å². The molecule has 1 amide bonds. The van der Waals surface area contributed by atoms with Crippen LogP contribution in [0, 0.1) is 0 Å². The summed E-state index contributed by atoms with van der Waals surface area (Å²) in [4.78, 5) is 11.1. The lowest BCUT2D eigenvalue weighted by molar-refractivity contribution is -0.119. The van der Waals surface area contributed by atoms with E-state index in [9.17, 15) is 9.90 Å². The smallest absolute Gasteiger partial charge is 0.216 e. The van der Waals surface area contributed by atoms with Gasteiger partial charge < -0.3 is 15.2 Å². The molecule has 0 saturated heterocycles. The molecule has 1 aliphatic heterocycles. The summed E-state index contributed by atoms with van der Waals surface area (Å²) in [6.45, 7) is 2.75. The van der Waals surface area contributed by atoms with E-state index in [1.165, 1.54) is 18.3 Å². The molecule has 0 saturated carbocycles. The summed E-state index contributed by atoms with van der Waals surface area (Å²) in [7, 11) is 0. The second kappa shape index (κ2) is 4.74. The number of hydrogen-bond donors (Lipinski definition) is 2. The minimum Gasteiger partial charge on any atom is -0.506 e. The Morgan fingerprint density at radius 2 is 2.42 bits per heavy atom. The first kappa shape index (κ1) is 12.3. The van der Waals surface area contributed by atoms with Crippen molar-refractivity contribution in [3.8, 4) is 11.5 Å². The number of fused-ring (bicyclic) bond motifs is 3. The van der Waals surface area contributed by atoms with Gasteiger partial charge >= 0.3 is 0 Å². The van der Waals surface area contributed by atoms with Crippen molar-refractivity contribution in [3.63, 3.8) is 0 Å². The highest BCUT2D eigenvalue weighted by Gasteiger charge is 2.26. The van der Waals surface area contributed by atoms with Gasteiger partial charge in [-0.15, -0.1) is 11.3 Å². The van der Waals surface area contributed by atoms with E-state index < -0.39 is 0 Å². The summed E-state index contributed by atoms with van der Waals surface area (Å²) in [5.74, 6) is 1.28. The predicted octanol–water partition coefficient (Wildman–Crippen LogP) is 2.61. The Kier molecular flexibility index (Phi) is 3.06. The average Bonchev–Trinajstić information content (AvgIpc) is 2.78. The van der Waals surface area contributed by atoms with Crippen LogP contribution in [0.2, 0.25) is 0 Å². The summed E-state index contributed by atoms with van der Waals surface area (Å²) in [5, 5.41) is 15.5. The molecular formula is C14H15NO3S. The normalized spacial score (nSPS) is 17.8. The molecule has 4 nitrogen and oxygen atoms in total. The molecule has 0 radical (unpaired) electrons. The summed E-state index contributed by atoms with van der Waals surface area (Å²) in [6.07, 6.45) is 0.849. The molecule has 19 heavy (non-hydrogen) atoms. The summed E-state index contributed by atoms with van der Waals surface area (Å²) < 4.78 is 6.72. The minimum atomic E-state index is -0.0326. The largest absolute Gasteiger partial charge is 0.506 e. The molecule has 3 rings (SSSR count). The van der Waals surface area contributed by atoms with Gasteiger partial charge in [-0.2, -0.15) is 0 Å². The first-order valence-electron chi connectivity index (χ1n) is 6.27. The number of thiophene rings is 1. The Balaban J connectivity index is 2.07. The van der Waals surface area contributed by atoms with Crippen molar-refractivity contribution in [1.82, 2.24) is 5.32 Å². The van der Waals surface area contributed by atoms with Crippen molar-refractivity contribution in [2.45, 2.75) is 19.3 Å². The number of carbonyl (C=O) groups excluding carboxylic acids is 1. The monoisotopic (exact) mass is 277 g/mol.